The van der Waals surface area contributed by atoms with Gasteiger partial charge in [-0.15, -0.1) is 11.8 Å². The number of nitrogens with one attached hydrogen (secondary N) is 1. The predicted octanol–water partition coefficient (Wildman–Crippen LogP) is 4.39. The van der Waals surface area contributed by atoms with E-state index in [2.05, 4.69) is 38.9 Å². The van der Waals surface area contributed by atoms with Crippen LogP contribution in [0.4, 0.5) is 0 Å². The van der Waals surface area contributed by atoms with Gasteiger partial charge >= 0.3 is 0 Å². The van der Waals surface area contributed by atoms with Crippen LogP contribution in [-0.4, -0.2) is 71.7 Å². The predicted molar refractivity (Wildman–Crippen MR) is 128 cm³/mol. The van der Waals surface area contributed by atoms with E-state index in [1.807, 2.05) is 36.2 Å². The molecule has 1 saturated heterocycles. The Morgan fingerprint density at radius 3 is 2.87 bits per heavy atom. The lowest BCUT2D eigenvalue weighted by Gasteiger charge is -2.26. The molecule has 1 aromatic carbocycles. The number of imidazole rings is 1. The molecule has 1 N–H and O–H groups in total. The number of hydrogen-bond donors (Lipinski definition) is 1. The van der Waals surface area contributed by atoms with E-state index in [-0.39, 0.29) is 0 Å². The highest BCUT2D eigenvalue weighted by Crippen LogP contribution is 2.28. The first-order valence-electron chi connectivity index (χ1n) is 10.8. The van der Waals surface area contributed by atoms with E-state index in [4.69, 9.17) is 9.47 Å². The van der Waals surface area contributed by atoms with Crippen molar-refractivity contribution >= 4 is 34.6 Å². The number of ether oxygens (including phenoxy) is 2. The summed E-state index contributed by atoms with van der Waals surface area (Å²) < 4.78 is 11.2. The Balaban J connectivity index is 1.17. The molecule has 6 nitrogen and oxygen atoms in total. The minimum atomic E-state index is 0.776. The molecular formula is C23H30N4O2S2. The van der Waals surface area contributed by atoms with Gasteiger partial charge in [0.05, 0.1) is 36.5 Å². The molecule has 0 radical (unpaired) electrons. The van der Waals surface area contributed by atoms with Gasteiger partial charge in [-0.05, 0) is 37.1 Å². The van der Waals surface area contributed by atoms with Gasteiger partial charge in [0, 0.05) is 48.8 Å². The molecule has 1 aliphatic heterocycles. The van der Waals surface area contributed by atoms with Gasteiger partial charge in [-0.3, -0.25) is 9.88 Å². The van der Waals surface area contributed by atoms with Crippen LogP contribution in [-0.2, 0) is 15.2 Å². The summed E-state index contributed by atoms with van der Waals surface area (Å²) in [5, 5.41) is 0.936. The number of H-pyrrole nitrogens is 1. The molecule has 0 saturated carbocycles. The van der Waals surface area contributed by atoms with Crippen LogP contribution in [0.1, 0.15) is 17.7 Å². The van der Waals surface area contributed by atoms with Gasteiger partial charge in [0.2, 0.25) is 0 Å². The monoisotopic (exact) mass is 458 g/mol. The average molecular weight is 459 g/mol. The first-order chi connectivity index (χ1) is 15.3. The minimum Gasteiger partial charge on any atom is -0.381 e. The number of aromatic nitrogens is 3. The van der Waals surface area contributed by atoms with Crippen molar-refractivity contribution in [3.05, 3.63) is 47.8 Å². The Kier molecular flexibility index (Phi) is 8.66. The summed E-state index contributed by atoms with van der Waals surface area (Å²) in [7, 11) is 0. The third kappa shape index (κ3) is 6.70. The third-order valence-corrected chi connectivity index (χ3v) is 7.33. The maximum Gasteiger partial charge on any atom is 0.166 e. The second-order valence-electron chi connectivity index (χ2n) is 7.50. The van der Waals surface area contributed by atoms with Gasteiger partial charge in [0.15, 0.2) is 5.16 Å². The van der Waals surface area contributed by atoms with E-state index in [1.165, 1.54) is 10.5 Å². The summed E-state index contributed by atoms with van der Waals surface area (Å²) in [5.41, 5.74) is 4.44. The molecule has 4 rings (SSSR count). The molecule has 3 heterocycles. The van der Waals surface area contributed by atoms with E-state index < -0.39 is 0 Å². The highest BCUT2D eigenvalue weighted by atomic mass is 32.2. The van der Waals surface area contributed by atoms with Crippen molar-refractivity contribution in [2.45, 2.75) is 29.1 Å². The van der Waals surface area contributed by atoms with Gasteiger partial charge in [0.25, 0.3) is 0 Å². The molecule has 0 atom stereocenters. The van der Waals surface area contributed by atoms with Crippen molar-refractivity contribution in [1.29, 1.82) is 0 Å². The Bertz CT molecular complexity index is 927. The van der Waals surface area contributed by atoms with Crippen molar-refractivity contribution in [2.75, 3.05) is 51.8 Å². The molecular weight excluding hydrogens is 428 g/mol. The fourth-order valence-corrected chi connectivity index (χ4v) is 5.34. The number of benzene rings is 1. The maximum absolute atomic E-state index is 5.84. The van der Waals surface area contributed by atoms with Crippen LogP contribution in [0.25, 0.3) is 11.0 Å². The summed E-state index contributed by atoms with van der Waals surface area (Å²) in [6.07, 6.45) is 3.00. The van der Waals surface area contributed by atoms with Crippen molar-refractivity contribution < 1.29 is 9.47 Å². The highest BCUT2D eigenvalue weighted by molar-refractivity contribution is 7.99. The summed E-state index contributed by atoms with van der Waals surface area (Å²) >= 11 is 3.54. The van der Waals surface area contributed by atoms with E-state index in [0.717, 1.165) is 85.9 Å². The second-order valence-corrected chi connectivity index (χ2v) is 9.60. The number of aromatic amines is 1. The lowest BCUT2D eigenvalue weighted by atomic mass is 10.2. The van der Waals surface area contributed by atoms with Crippen molar-refractivity contribution in [2.24, 2.45) is 0 Å². The molecule has 8 heteroatoms. The Hall–Kier alpha value is -1.58. The van der Waals surface area contributed by atoms with Gasteiger partial charge in [0.1, 0.15) is 0 Å². The molecule has 1 aliphatic rings. The highest BCUT2D eigenvalue weighted by Gasteiger charge is 2.10. The van der Waals surface area contributed by atoms with Crippen LogP contribution in [0.5, 0.6) is 0 Å². The van der Waals surface area contributed by atoms with Crippen LogP contribution in [0.15, 0.2) is 46.6 Å². The van der Waals surface area contributed by atoms with Crippen LogP contribution < -0.4 is 0 Å². The number of para-hydroxylation sites is 2. The topological polar surface area (TPSA) is 63.3 Å². The van der Waals surface area contributed by atoms with Crippen LogP contribution in [0.2, 0.25) is 0 Å². The number of nitrogens with zero attached hydrogens (tertiary/aromatic N) is 3. The lowest BCUT2D eigenvalue weighted by molar-refractivity contribution is 0.0326. The van der Waals surface area contributed by atoms with Crippen molar-refractivity contribution in [3.8, 4) is 0 Å². The SMILES string of the molecule is Cc1c(SCCOCCCN2CCOCC2)ccnc1CSc1nc2ccccc2[nH]1. The summed E-state index contributed by atoms with van der Waals surface area (Å²) in [4.78, 5) is 16.4. The molecule has 1 fully saturated rings. The minimum absolute atomic E-state index is 0.776. The number of fused-ring (bicyclic) bond motifs is 1. The van der Waals surface area contributed by atoms with Crippen molar-refractivity contribution in [3.63, 3.8) is 0 Å². The third-order valence-electron chi connectivity index (χ3n) is 5.32. The van der Waals surface area contributed by atoms with Crippen molar-refractivity contribution in [1.82, 2.24) is 19.9 Å². The van der Waals surface area contributed by atoms with Crippen LogP contribution in [0.3, 0.4) is 0 Å². The number of hydrogen-bond acceptors (Lipinski definition) is 7. The van der Waals surface area contributed by atoms with E-state index in [9.17, 15) is 0 Å². The quantitative estimate of drug-likeness (QED) is 0.338. The summed E-state index contributed by atoms with van der Waals surface area (Å²) in [6, 6.07) is 10.2. The number of rotatable bonds is 11. The first-order valence-corrected chi connectivity index (χ1v) is 12.8. The number of morpholine rings is 1. The zero-order chi connectivity index (χ0) is 21.3. The van der Waals surface area contributed by atoms with Crippen LogP contribution in [0, 0.1) is 6.92 Å². The zero-order valence-corrected chi connectivity index (χ0v) is 19.6. The lowest BCUT2D eigenvalue weighted by Crippen LogP contribution is -2.37. The second kappa shape index (κ2) is 11.9. The van der Waals surface area contributed by atoms with E-state index >= 15 is 0 Å². The Labute approximate surface area is 192 Å². The Morgan fingerprint density at radius 2 is 2.00 bits per heavy atom. The Morgan fingerprint density at radius 1 is 1.13 bits per heavy atom. The molecule has 0 unspecified atom stereocenters. The van der Waals surface area contributed by atoms with Gasteiger partial charge in [-0.2, -0.15) is 0 Å². The smallest absolute Gasteiger partial charge is 0.166 e. The van der Waals surface area contributed by atoms with E-state index in [1.54, 1.807) is 11.8 Å². The summed E-state index contributed by atoms with van der Waals surface area (Å²) in [6.45, 7) is 8.69. The molecule has 0 amide bonds. The normalized spacial score (nSPS) is 15.0. The number of thioether (sulfide) groups is 2. The molecule has 2 aromatic heterocycles. The molecule has 31 heavy (non-hydrogen) atoms. The van der Waals surface area contributed by atoms with Gasteiger partial charge in [-0.25, -0.2) is 4.98 Å². The fourth-order valence-electron chi connectivity index (χ4n) is 3.52. The zero-order valence-electron chi connectivity index (χ0n) is 18.0. The molecule has 0 spiro atoms. The largest absolute Gasteiger partial charge is 0.381 e. The first kappa shape index (κ1) is 22.6. The molecule has 3 aromatic rings. The summed E-state index contributed by atoms with van der Waals surface area (Å²) in [5.74, 6) is 1.76. The average Bonchev–Trinajstić information content (AvgIpc) is 3.22. The maximum atomic E-state index is 5.84. The fraction of sp³-hybridized carbons (Fsp3) is 0.478. The van der Waals surface area contributed by atoms with Crippen LogP contribution >= 0.6 is 23.5 Å². The standard InChI is InChI=1S/C23H30N4O2S2/c1-18-21(17-31-23-25-19-5-2-3-6-20(19)26-23)24-8-7-22(18)30-16-15-28-12-4-9-27-10-13-29-14-11-27/h2-3,5-8H,4,9-17H2,1H3,(H,25,26). The van der Waals surface area contributed by atoms with E-state index in [0.29, 0.717) is 0 Å². The molecule has 0 aliphatic carbocycles. The number of pyridine rings is 1. The molecule has 166 valence electrons. The van der Waals surface area contributed by atoms with Gasteiger partial charge in [-0.1, -0.05) is 23.9 Å². The van der Waals surface area contributed by atoms with Gasteiger partial charge < -0.3 is 14.5 Å². The molecule has 0 bridgehead atoms.